The molecule has 0 radical (unpaired) electrons. The van der Waals surface area contributed by atoms with Crippen LogP contribution in [0.1, 0.15) is 22.8 Å². The molecule has 0 unspecified atom stereocenters. The van der Waals surface area contributed by atoms with Crippen molar-refractivity contribution in [3.63, 3.8) is 0 Å². The van der Waals surface area contributed by atoms with E-state index in [1.165, 1.54) is 20.4 Å². The third kappa shape index (κ3) is 4.89. The van der Waals surface area contributed by atoms with E-state index < -0.39 is 5.91 Å². The van der Waals surface area contributed by atoms with Gasteiger partial charge in [-0.2, -0.15) is 5.10 Å². The Hall–Kier alpha value is -2.74. The first-order chi connectivity index (χ1) is 12.5. The summed E-state index contributed by atoms with van der Waals surface area (Å²) in [5.41, 5.74) is 3.42. The van der Waals surface area contributed by atoms with Gasteiger partial charge < -0.3 is 19.3 Å². The highest BCUT2D eigenvalue weighted by molar-refractivity contribution is 9.10. The molecular weight excluding hydrogens is 404 g/mol. The Morgan fingerprint density at radius 3 is 2.42 bits per heavy atom. The van der Waals surface area contributed by atoms with Crippen LogP contribution in [0.15, 0.2) is 39.9 Å². The van der Waals surface area contributed by atoms with Gasteiger partial charge in [0.15, 0.2) is 11.5 Å². The van der Waals surface area contributed by atoms with E-state index >= 15 is 0 Å². The smallest absolute Gasteiger partial charge is 0.271 e. The lowest BCUT2D eigenvalue weighted by Gasteiger charge is -2.08. The Labute approximate surface area is 159 Å². The van der Waals surface area contributed by atoms with Gasteiger partial charge in [0.05, 0.1) is 31.5 Å². The van der Waals surface area contributed by atoms with Gasteiger partial charge in [-0.05, 0) is 52.7 Å². The molecule has 2 aromatic carbocycles. The van der Waals surface area contributed by atoms with Crippen LogP contribution < -0.4 is 19.6 Å². The lowest BCUT2D eigenvalue weighted by Crippen LogP contribution is -2.17. The second-order valence-corrected chi connectivity index (χ2v) is 5.94. The van der Waals surface area contributed by atoms with Crippen LogP contribution in [0.3, 0.4) is 0 Å². The molecule has 0 heterocycles. The number of hydrazone groups is 1. The van der Waals surface area contributed by atoms with Crippen LogP contribution in [-0.2, 0) is 0 Å². The Kier molecular flexibility index (Phi) is 6.85. The van der Waals surface area contributed by atoms with E-state index in [-0.39, 0.29) is 5.75 Å². The standard InChI is InChI=1S/C18H19BrN2O5/c1-4-26-16-6-11(5-15(19)17(16)22)10-20-21-18(23)12-7-13(24-2)9-14(8-12)25-3/h5-10,22H,4H2,1-3H3,(H,21,23)/b20-10-. The zero-order chi connectivity index (χ0) is 19.1. The summed E-state index contributed by atoms with van der Waals surface area (Å²) in [5.74, 6) is 0.926. The summed E-state index contributed by atoms with van der Waals surface area (Å²) < 4.78 is 16.1. The number of methoxy groups -OCH3 is 2. The first kappa shape index (κ1) is 19.6. The molecular formula is C18H19BrN2O5. The zero-order valence-electron chi connectivity index (χ0n) is 14.6. The van der Waals surface area contributed by atoms with Crippen molar-refractivity contribution in [1.29, 1.82) is 0 Å². The van der Waals surface area contributed by atoms with Crippen molar-refractivity contribution in [1.82, 2.24) is 5.43 Å². The Bertz CT molecular complexity index is 801. The molecule has 0 saturated carbocycles. The number of benzene rings is 2. The maximum atomic E-state index is 12.3. The molecule has 0 aliphatic carbocycles. The zero-order valence-corrected chi connectivity index (χ0v) is 16.2. The molecule has 0 bridgehead atoms. The topological polar surface area (TPSA) is 89.4 Å². The third-order valence-corrected chi connectivity index (χ3v) is 3.95. The molecule has 0 aliphatic heterocycles. The average Bonchev–Trinajstić information content (AvgIpc) is 2.65. The van der Waals surface area contributed by atoms with Gasteiger partial charge >= 0.3 is 0 Å². The first-order valence-corrected chi connectivity index (χ1v) is 8.49. The van der Waals surface area contributed by atoms with Gasteiger partial charge in [-0.25, -0.2) is 5.43 Å². The number of nitrogens with zero attached hydrogens (tertiary/aromatic N) is 1. The molecule has 7 nitrogen and oxygen atoms in total. The molecule has 26 heavy (non-hydrogen) atoms. The third-order valence-electron chi connectivity index (χ3n) is 3.34. The van der Waals surface area contributed by atoms with Gasteiger partial charge in [-0.3, -0.25) is 4.79 Å². The molecule has 1 amide bonds. The number of carbonyl (C=O) groups excluding carboxylic acids is 1. The number of carbonyl (C=O) groups is 1. The van der Waals surface area contributed by atoms with Crippen LogP contribution in [0.4, 0.5) is 0 Å². The van der Waals surface area contributed by atoms with Crippen LogP contribution in [0.5, 0.6) is 23.0 Å². The predicted octanol–water partition coefficient (Wildman–Crippen LogP) is 3.33. The quantitative estimate of drug-likeness (QED) is 0.527. The fourth-order valence-electron chi connectivity index (χ4n) is 2.10. The summed E-state index contributed by atoms with van der Waals surface area (Å²) in [4.78, 5) is 12.3. The second-order valence-electron chi connectivity index (χ2n) is 5.08. The highest BCUT2D eigenvalue weighted by atomic mass is 79.9. The molecule has 0 saturated heterocycles. The van der Waals surface area contributed by atoms with Gasteiger partial charge in [0.1, 0.15) is 11.5 Å². The molecule has 0 atom stereocenters. The minimum absolute atomic E-state index is 0.0107. The highest BCUT2D eigenvalue weighted by Gasteiger charge is 2.10. The van der Waals surface area contributed by atoms with Crippen LogP contribution in [0, 0.1) is 0 Å². The Balaban J connectivity index is 2.14. The summed E-state index contributed by atoms with van der Waals surface area (Å²) in [6.07, 6.45) is 1.45. The summed E-state index contributed by atoms with van der Waals surface area (Å²) in [7, 11) is 3.01. The molecule has 0 fully saturated rings. The maximum Gasteiger partial charge on any atom is 0.271 e. The van der Waals surface area contributed by atoms with Crippen molar-refractivity contribution in [2.24, 2.45) is 5.10 Å². The van der Waals surface area contributed by atoms with E-state index in [0.717, 1.165) is 0 Å². The summed E-state index contributed by atoms with van der Waals surface area (Å²) in [5, 5.41) is 13.8. The van der Waals surface area contributed by atoms with Crippen molar-refractivity contribution in [3.8, 4) is 23.0 Å². The maximum absolute atomic E-state index is 12.3. The van der Waals surface area contributed by atoms with Crippen LogP contribution in [-0.4, -0.2) is 38.1 Å². The summed E-state index contributed by atoms with van der Waals surface area (Å²) >= 11 is 3.25. The number of ether oxygens (including phenoxy) is 3. The molecule has 2 rings (SSSR count). The minimum atomic E-state index is -0.415. The second kappa shape index (κ2) is 9.10. The van der Waals surface area contributed by atoms with Gasteiger partial charge in [-0.1, -0.05) is 0 Å². The summed E-state index contributed by atoms with van der Waals surface area (Å²) in [6.45, 7) is 2.23. The van der Waals surface area contributed by atoms with E-state index in [2.05, 4.69) is 26.5 Å². The normalized spacial score (nSPS) is 10.6. The molecule has 138 valence electrons. The number of halogens is 1. The molecule has 0 spiro atoms. The van der Waals surface area contributed by atoms with Crippen molar-refractivity contribution >= 4 is 28.1 Å². The molecule has 0 aliphatic rings. The van der Waals surface area contributed by atoms with Crippen molar-refractivity contribution in [2.75, 3.05) is 20.8 Å². The van der Waals surface area contributed by atoms with E-state index in [1.807, 2.05) is 6.92 Å². The van der Waals surface area contributed by atoms with Crippen LogP contribution in [0.2, 0.25) is 0 Å². The number of nitrogens with one attached hydrogen (secondary N) is 1. The Morgan fingerprint density at radius 1 is 1.19 bits per heavy atom. The largest absolute Gasteiger partial charge is 0.503 e. The predicted molar refractivity (Wildman–Crippen MR) is 102 cm³/mol. The van der Waals surface area contributed by atoms with E-state index in [1.54, 1.807) is 30.3 Å². The molecule has 8 heteroatoms. The number of rotatable bonds is 7. The number of aromatic hydroxyl groups is 1. The van der Waals surface area contributed by atoms with Gasteiger partial charge in [0, 0.05) is 11.6 Å². The lowest BCUT2D eigenvalue weighted by molar-refractivity contribution is 0.0954. The van der Waals surface area contributed by atoms with Gasteiger partial charge in [0.25, 0.3) is 5.91 Å². The van der Waals surface area contributed by atoms with Crippen molar-refractivity contribution in [2.45, 2.75) is 6.92 Å². The van der Waals surface area contributed by atoms with E-state index in [4.69, 9.17) is 14.2 Å². The van der Waals surface area contributed by atoms with E-state index in [0.29, 0.717) is 39.5 Å². The van der Waals surface area contributed by atoms with Gasteiger partial charge in [0.2, 0.25) is 0 Å². The van der Waals surface area contributed by atoms with Crippen molar-refractivity contribution < 1.29 is 24.1 Å². The summed E-state index contributed by atoms with van der Waals surface area (Å²) in [6, 6.07) is 8.11. The molecule has 0 aromatic heterocycles. The number of hydrogen-bond donors (Lipinski definition) is 2. The SMILES string of the molecule is CCOc1cc(/C=N\NC(=O)c2cc(OC)cc(OC)c2)cc(Br)c1O. The van der Waals surface area contributed by atoms with Crippen LogP contribution in [0.25, 0.3) is 0 Å². The number of amides is 1. The molecule has 2 aromatic rings. The number of hydrogen-bond acceptors (Lipinski definition) is 6. The average molecular weight is 423 g/mol. The van der Waals surface area contributed by atoms with E-state index in [9.17, 15) is 9.90 Å². The minimum Gasteiger partial charge on any atom is -0.503 e. The number of phenolic OH excluding ortho intramolecular Hbond substituents is 1. The fraction of sp³-hybridized carbons (Fsp3) is 0.222. The number of phenols is 1. The van der Waals surface area contributed by atoms with Gasteiger partial charge in [-0.15, -0.1) is 0 Å². The van der Waals surface area contributed by atoms with Crippen molar-refractivity contribution in [3.05, 3.63) is 45.9 Å². The highest BCUT2D eigenvalue weighted by Crippen LogP contribution is 2.35. The monoisotopic (exact) mass is 422 g/mol. The fourth-order valence-corrected chi connectivity index (χ4v) is 2.56. The lowest BCUT2D eigenvalue weighted by atomic mass is 10.2. The van der Waals surface area contributed by atoms with Crippen LogP contribution >= 0.6 is 15.9 Å². The first-order valence-electron chi connectivity index (χ1n) is 7.70. The molecule has 2 N–H and O–H groups in total. The Morgan fingerprint density at radius 2 is 1.85 bits per heavy atom.